The van der Waals surface area contributed by atoms with Crippen molar-refractivity contribution < 1.29 is 46.7 Å². The summed E-state index contributed by atoms with van der Waals surface area (Å²) in [6.45, 7) is 12.2. The molecule has 53 heavy (non-hydrogen) atoms. The second kappa shape index (κ2) is 16.0. The summed E-state index contributed by atoms with van der Waals surface area (Å²) in [5.41, 5.74) is -1.78. The fourth-order valence-corrected chi connectivity index (χ4v) is 8.81. The third-order valence-corrected chi connectivity index (χ3v) is 12.7. The molecular weight excluding hydrogens is 705 g/mol. The second-order valence-corrected chi connectivity index (χ2v) is 17.7. The summed E-state index contributed by atoms with van der Waals surface area (Å²) < 4.78 is 38.4. The van der Waals surface area contributed by atoms with E-state index >= 15 is 0 Å². The second-order valence-electron chi connectivity index (χ2n) is 15.7. The lowest BCUT2D eigenvalue weighted by Gasteiger charge is -2.36. The molecule has 1 aromatic rings. The van der Waals surface area contributed by atoms with E-state index in [-0.39, 0.29) is 56.0 Å². The molecule has 0 aromatic heterocycles. The number of likely N-dealkylation sites (tertiary alicyclic amines) is 2. The maximum atomic E-state index is 14.6. The van der Waals surface area contributed by atoms with Crippen molar-refractivity contribution in [1.82, 2.24) is 14.5 Å². The van der Waals surface area contributed by atoms with Crippen LogP contribution in [0.5, 0.6) is 0 Å². The molecule has 4 aliphatic rings. The van der Waals surface area contributed by atoms with Crippen LogP contribution < -0.4 is 10.0 Å². The third kappa shape index (κ3) is 9.28. The number of rotatable bonds is 14. The van der Waals surface area contributed by atoms with E-state index in [2.05, 4.69) is 16.6 Å². The molecule has 2 heterocycles. The molecule has 4 amide bonds. The summed E-state index contributed by atoms with van der Waals surface area (Å²) in [6, 6.07) is 5.12. The molecule has 5 rings (SSSR count). The Balaban J connectivity index is 1.38. The molecule has 5 atom stereocenters. The summed E-state index contributed by atoms with van der Waals surface area (Å²) in [7, 11) is -3.89. The highest BCUT2D eigenvalue weighted by Gasteiger charge is 2.61. The number of hydrogen-bond acceptors (Lipinski definition) is 10. The number of Topliss-reactive ketones (excluding diaryl/α,β-unsaturated/α-hetero) is 1. The zero-order valence-electron chi connectivity index (χ0n) is 31.1. The number of benzene rings is 1. The van der Waals surface area contributed by atoms with Crippen molar-refractivity contribution in [2.75, 3.05) is 31.6 Å². The Morgan fingerprint density at radius 1 is 1.06 bits per heavy atom. The number of nitrogens with one attached hydrogen (secondary N) is 2. The highest BCUT2D eigenvalue weighted by Crippen LogP contribution is 2.57. The van der Waals surface area contributed by atoms with Crippen LogP contribution in [0, 0.1) is 22.7 Å². The highest BCUT2D eigenvalue weighted by atomic mass is 32.2. The van der Waals surface area contributed by atoms with Crippen molar-refractivity contribution in [2.45, 2.75) is 103 Å². The number of carbonyl (C=O) groups is 6. The Kier molecular flexibility index (Phi) is 12.0. The lowest BCUT2D eigenvalue weighted by molar-refractivity contribution is -0.148. The fraction of sp³-hybridized carbons (Fsp3) is 0.632. The number of hydrogen-bond donors (Lipinski definition) is 2. The van der Waals surface area contributed by atoms with E-state index in [1.54, 1.807) is 24.0 Å². The smallest absolute Gasteiger partial charge is 0.411 e. The van der Waals surface area contributed by atoms with Gasteiger partial charge in [0.15, 0.2) is 5.78 Å². The summed E-state index contributed by atoms with van der Waals surface area (Å²) in [5.74, 6) is -3.77. The van der Waals surface area contributed by atoms with Gasteiger partial charge in [0.05, 0.1) is 47.0 Å². The van der Waals surface area contributed by atoms with Crippen LogP contribution in [0.1, 0.15) is 95.8 Å². The summed E-state index contributed by atoms with van der Waals surface area (Å²) in [4.78, 5) is 84.7. The van der Waals surface area contributed by atoms with Gasteiger partial charge in [-0.2, -0.15) is 0 Å². The molecule has 4 fully saturated rings. The number of piperidine rings is 1. The molecule has 1 aromatic carbocycles. The Labute approximate surface area is 311 Å². The summed E-state index contributed by atoms with van der Waals surface area (Å²) in [5, 5.41) is 1.92. The maximum absolute atomic E-state index is 14.6. The van der Waals surface area contributed by atoms with Gasteiger partial charge in [0.2, 0.25) is 27.7 Å². The van der Waals surface area contributed by atoms with Gasteiger partial charge in [-0.25, -0.2) is 18.0 Å². The van der Waals surface area contributed by atoms with E-state index in [0.717, 1.165) is 19.3 Å². The van der Waals surface area contributed by atoms with Crippen LogP contribution in [-0.2, 0) is 38.7 Å². The molecule has 15 heteroatoms. The Morgan fingerprint density at radius 2 is 1.74 bits per heavy atom. The zero-order valence-corrected chi connectivity index (χ0v) is 31.9. The number of amides is 4. The lowest BCUT2D eigenvalue weighted by Crippen LogP contribution is -2.49. The van der Waals surface area contributed by atoms with Gasteiger partial charge in [-0.15, -0.1) is 6.58 Å². The van der Waals surface area contributed by atoms with E-state index in [1.807, 2.05) is 20.8 Å². The van der Waals surface area contributed by atoms with Crippen LogP contribution in [0.25, 0.3) is 0 Å². The topological polar surface area (TPSA) is 186 Å². The Morgan fingerprint density at radius 3 is 2.34 bits per heavy atom. The van der Waals surface area contributed by atoms with Gasteiger partial charge in [0.1, 0.15) is 6.10 Å². The molecule has 2 N–H and O–H groups in total. The minimum atomic E-state index is -3.89. The molecule has 0 bridgehead atoms. The molecule has 290 valence electrons. The fourth-order valence-electron chi connectivity index (χ4n) is 7.42. The first-order chi connectivity index (χ1) is 25.0. The predicted octanol–water partition coefficient (Wildman–Crippen LogP) is 4.21. The van der Waals surface area contributed by atoms with Crippen LogP contribution in [0.4, 0.5) is 10.5 Å². The van der Waals surface area contributed by atoms with Gasteiger partial charge in [-0.1, -0.05) is 39.0 Å². The van der Waals surface area contributed by atoms with Crippen molar-refractivity contribution >= 4 is 51.3 Å². The quantitative estimate of drug-likeness (QED) is 0.206. The number of ether oxygens (including phenoxy) is 2. The summed E-state index contributed by atoms with van der Waals surface area (Å²) in [6.07, 6.45) is 3.05. The maximum Gasteiger partial charge on any atom is 0.411 e. The van der Waals surface area contributed by atoms with Crippen LogP contribution in [0.3, 0.4) is 0 Å². The number of esters is 1. The monoisotopic (exact) mass is 756 g/mol. The molecule has 0 unspecified atom stereocenters. The standard InChI is InChI=1S/C38H52N4O10S/c1-6-24-21-38(24,35(47)40-53(49,50)26-15-16-26)22-31(43)30-19-25(52-36(48)39-29-14-10-9-13-27(29)34(46)51-7-2)23-42(30)33(45)28(37(3,4)5)20-32(44)41-17-11-8-12-18-41/h6,9-10,13-14,24-26,28,30H,1,7-8,11-12,15-23H2,2-5H3,(H,39,48)(H,40,47)/t24-,25-,28-,30+,38-/m1/s1. The van der Waals surface area contributed by atoms with Gasteiger partial charge in [-0.3, -0.25) is 29.2 Å². The minimum Gasteiger partial charge on any atom is -0.462 e. The van der Waals surface area contributed by atoms with Crippen LogP contribution in [0.15, 0.2) is 36.9 Å². The average Bonchev–Trinajstić information content (AvgIpc) is 4.04. The first-order valence-corrected chi connectivity index (χ1v) is 20.1. The SMILES string of the molecule is C=C[C@@H]1C[C@]1(CC(=O)[C@@H]1C[C@@H](OC(=O)Nc2ccccc2C(=O)OCC)CN1C(=O)[C@@H](CC(=O)N1CCCCC1)C(C)(C)C)C(=O)NS(=O)(=O)C1CC1. The van der Waals surface area contributed by atoms with Gasteiger partial charge in [0, 0.05) is 32.4 Å². The van der Waals surface area contributed by atoms with E-state index in [1.165, 1.54) is 23.1 Å². The number of allylic oxidation sites excluding steroid dienone is 1. The molecule has 2 saturated carbocycles. The van der Waals surface area contributed by atoms with Crippen LogP contribution in [-0.4, -0.2) is 97.4 Å². The van der Waals surface area contributed by atoms with Crippen molar-refractivity contribution in [1.29, 1.82) is 0 Å². The number of carbonyl (C=O) groups excluding carboxylic acids is 6. The summed E-state index contributed by atoms with van der Waals surface area (Å²) >= 11 is 0. The van der Waals surface area contributed by atoms with Crippen molar-refractivity contribution in [3.05, 3.63) is 42.5 Å². The van der Waals surface area contributed by atoms with Gasteiger partial charge in [-0.05, 0) is 68.9 Å². The highest BCUT2D eigenvalue weighted by molar-refractivity contribution is 7.90. The van der Waals surface area contributed by atoms with E-state index in [9.17, 15) is 37.2 Å². The normalized spacial score (nSPS) is 24.8. The molecule has 0 spiro atoms. The van der Waals surface area contributed by atoms with E-state index in [4.69, 9.17) is 9.47 Å². The van der Waals surface area contributed by atoms with Gasteiger partial charge in [0.25, 0.3) is 0 Å². The average molecular weight is 757 g/mol. The van der Waals surface area contributed by atoms with Gasteiger partial charge < -0.3 is 19.3 Å². The minimum absolute atomic E-state index is 0.0691. The number of anilines is 1. The first-order valence-electron chi connectivity index (χ1n) is 18.5. The zero-order chi connectivity index (χ0) is 38.7. The Hall–Kier alpha value is -4.27. The first kappa shape index (κ1) is 39.9. The molecule has 2 saturated heterocycles. The van der Waals surface area contributed by atoms with Crippen LogP contribution in [0.2, 0.25) is 0 Å². The number of para-hydroxylation sites is 1. The number of ketones is 1. The molecule has 0 radical (unpaired) electrons. The molecule has 2 aliphatic heterocycles. The van der Waals surface area contributed by atoms with Crippen LogP contribution >= 0.6 is 0 Å². The van der Waals surface area contributed by atoms with Crippen molar-refractivity contribution in [2.24, 2.45) is 22.7 Å². The molecule has 14 nitrogen and oxygen atoms in total. The number of sulfonamides is 1. The van der Waals surface area contributed by atoms with E-state index < -0.39 is 79.7 Å². The van der Waals surface area contributed by atoms with Crippen molar-refractivity contribution in [3.8, 4) is 0 Å². The third-order valence-electron chi connectivity index (χ3n) is 10.8. The molecule has 2 aliphatic carbocycles. The van der Waals surface area contributed by atoms with Crippen molar-refractivity contribution in [3.63, 3.8) is 0 Å². The number of nitrogens with zero attached hydrogens (tertiary/aromatic N) is 2. The van der Waals surface area contributed by atoms with E-state index in [0.29, 0.717) is 25.9 Å². The Bertz CT molecular complexity index is 1730. The largest absolute Gasteiger partial charge is 0.462 e. The lowest BCUT2D eigenvalue weighted by atomic mass is 9.77. The molecular formula is C38H52N4O10S. The predicted molar refractivity (Wildman–Crippen MR) is 195 cm³/mol. The van der Waals surface area contributed by atoms with Gasteiger partial charge >= 0.3 is 12.1 Å².